The standard InChI is InChI=1S/C20H24FN3/c1-13-3-4-16(11-18(13)21)17-5-6-19(22-12-17)23-20-14(2)24-9-7-15(20)8-10-24/h3-6,11-12,14-15,20H,7-10H2,1-2H3,(H,22,23)/t14-,20+/m1/s1. The number of aryl methyl sites for hydroxylation is 1. The number of nitrogens with one attached hydrogen (secondary N) is 1. The fourth-order valence-corrected chi connectivity index (χ4v) is 4.14. The van der Waals surface area contributed by atoms with Gasteiger partial charge >= 0.3 is 0 Å². The smallest absolute Gasteiger partial charge is 0.126 e. The fourth-order valence-electron chi connectivity index (χ4n) is 4.14. The van der Waals surface area contributed by atoms with Crippen molar-refractivity contribution in [2.75, 3.05) is 18.4 Å². The predicted octanol–water partition coefficient (Wildman–Crippen LogP) is 4.09. The number of hydrogen-bond donors (Lipinski definition) is 1. The van der Waals surface area contributed by atoms with Crippen molar-refractivity contribution >= 4 is 5.82 Å². The van der Waals surface area contributed by atoms with E-state index >= 15 is 0 Å². The normalized spacial score (nSPS) is 28.8. The fraction of sp³-hybridized carbons (Fsp3) is 0.450. The number of halogens is 1. The Balaban J connectivity index is 1.50. The van der Waals surface area contributed by atoms with Crippen LogP contribution in [0.3, 0.4) is 0 Å². The Kier molecular flexibility index (Phi) is 4.01. The van der Waals surface area contributed by atoms with Gasteiger partial charge in [-0.05, 0) is 75.0 Å². The van der Waals surface area contributed by atoms with Gasteiger partial charge in [-0.25, -0.2) is 9.37 Å². The molecule has 0 amide bonds. The average Bonchev–Trinajstić information content (AvgIpc) is 2.61. The molecule has 4 heterocycles. The molecule has 0 saturated carbocycles. The first-order valence-corrected chi connectivity index (χ1v) is 8.85. The van der Waals surface area contributed by atoms with Crippen LogP contribution in [0.25, 0.3) is 11.1 Å². The van der Waals surface area contributed by atoms with E-state index in [0.717, 1.165) is 22.9 Å². The third kappa shape index (κ3) is 2.80. The zero-order chi connectivity index (χ0) is 16.7. The number of anilines is 1. The van der Waals surface area contributed by atoms with E-state index in [2.05, 4.69) is 22.1 Å². The molecule has 0 radical (unpaired) electrons. The number of hydrogen-bond acceptors (Lipinski definition) is 3. The van der Waals surface area contributed by atoms with Gasteiger partial charge < -0.3 is 5.32 Å². The molecule has 2 aromatic rings. The highest BCUT2D eigenvalue weighted by molar-refractivity contribution is 5.64. The summed E-state index contributed by atoms with van der Waals surface area (Å²) >= 11 is 0. The molecule has 2 atom stereocenters. The van der Waals surface area contributed by atoms with Gasteiger partial charge in [0.1, 0.15) is 11.6 Å². The maximum Gasteiger partial charge on any atom is 0.126 e. The van der Waals surface area contributed by atoms with Crippen LogP contribution in [-0.4, -0.2) is 35.1 Å². The summed E-state index contributed by atoms with van der Waals surface area (Å²) in [6.45, 7) is 6.55. The third-order valence-electron chi connectivity index (χ3n) is 5.76. The average molecular weight is 325 g/mol. The van der Waals surface area contributed by atoms with Gasteiger partial charge in [-0.15, -0.1) is 0 Å². The molecular formula is C20H24FN3. The van der Waals surface area contributed by atoms with E-state index in [1.807, 2.05) is 30.5 Å². The zero-order valence-electron chi connectivity index (χ0n) is 14.3. The van der Waals surface area contributed by atoms with E-state index in [0.29, 0.717) is 17.6 Å². The number of benzene rings is 1. The first-order chi connectivity index (χ1) is 11.6. The Labute approximate surface area is 142 Å². The molecule has 24 heavy (non-hydrogen) atoms. The Morgan fingerprint density at radius 3 is 2.50 bits per heavy atom. The highest BCUT2D eigenvalue weighted by Gasteiger charge is 2.39. The molecule has 3 fully saturated rings. The number of fused-ring (bicyclic) bond motifs is 3. The number of rotatable bonds is 3. The van der Waals surface area contributed by atoms with Crippen molar-refractivity contribution in [1.82, 2.24) is 9.88 Å². The number of piperidine rings is 3. The molecule has 0 spiro atoms. The summed E-state index contributed by atoms with van der Waals surface area (Å²) in [6.07, 6.45) is 4.39. The van der Waals surface area contributed by atoms with Crippen LogP contribution in [0, 0.1) is 18.7 Å². The van der Waals surface area contributed by atoms with Gasteiger partial charge in [0.25, 0.3) is 0 Å². The first kappa shape index (κ1) is 15.6. The quantitative estimate of drug-likeness (QED) is 0.921. The van der Waals surface area contributed by atoms with Crippen LogP contribution in [0.15, 0.2) is 36.5 Å². The number of aromatic nitrogens is 1. The van der Waals surface area contributed by atoms with Crippen molar-refractivity contribution in [3.05, 3.63) is 47.9 Å². The van der Waals surface area contributed by atoms with Gasteiger partial charge in [-0.1, -0.05) is 12.1 Å². The minimum absolute atomic E-state index is 0.171. The molecule has 3 nitrogen and oxygen atoms in total. The zero-order valence-corrected chi connectivity index (χ0v) is 14.3. The van der Waals surface area contributed by atoms with Crippen LogP contribution >= 0.6 is 0 Å². The lowest BCUT2D eigenvalue weighted by Gasteiger charge is -2.50. The Morgan fingerprint density at radius 1 is 1.12 bits per heavy atom. The lowest BCUT2D eigenvalue weighted by atomic mass is 9.79. The minimum Gasteiger partial charge on any atom is -0.365 e. The van der Waals surface area contributed by atoms with E-state index in [1.54, 1.807) is 13.0 Å². The summed E-state index contributed by atoms with van der Waals surface area (Å²) in [6, 6.07) is 10.4. The van der Waals surface area contributed by atoms with Gasteiger partial charge in [0.15, 0.2) is 0 Å². The minimum atomic E-state index is -0.171. The van der Waals surface area contributed by atoms with E-state index in [1.165, 1.54) is 25.9 Å². The summed E-state index contributed by atoms with van der Waals surface area (Å²) in [4.78, 5) is 7.14. The summed E-state index contributed by atoms with van der Waals surface area (Å²) < 4.78 is 13.7. The van der Waals surface area contributed by atoms with Crippen LogP contribution in [0.1, 0.15) is 25.3 Å². The maximum atomic E-state index is 13.7. The molecule has 2 bridgehead atoms. The van der Waals surface area contributed by atoms with Crippen molar-refractivity contribution in [2.45, 2.75) is 38.8 Å². The second-order valence-corrected chi connectivity index (χ2v) is 7.18. The number of nitrogens with zero attached hydrogens (tertiary/aromatic N) is 2. The lowest BCUT2D eigenvalue weighted by molar-refractivity contribution is 0.0457. The molecule has 4 heteroatoms. The van der Waals surface area contributed by atoms with Gasteiger partial charge in [0.05, 0.1) is 0 Å². The highest BCUT2D eigenvalue weighted by Crippen LogP contribution is 2.34. The van der Waals surface area contributed by atoms with Crippen molar-refractivity contribution in [3.8, 4) is 11.1 Å². The first-order valence-electron chi connectivity index (χ1n) is 8.85. The SMILES string of the molecule is Cc1ccc(-c2ccc(N[C@@H]3C4CCN(CC4)[C@@H]3C)nc2)cc1F. The van der Waals surface area contributed by atoms with E-state index in [-0.39, 0.29) is 5.82 Å². The van der Waals surface area contributed by atoms with Crippen molar-refractivity contribution < 1.29 is 4.39 Å². The summed E-state index contributed by atoms with van der Waals surface area (Å²) in [5.41, 5.74) is 2.48. The van der Waals surface area contributed by atoms with E-state index < -0.39 is 0 Å². The molecule has 1 aromatic carbocycles. The maximum absolute atomic E-state index is 13.7. The third-order valence-corrected chi connectivity index (χ3v) is 5.76. The van der Waals surface area contributed by atoms with Crippen molar-refractivity contribution in [1.29, 1.82) is 0 Å². The van der Waals surface area contributed by atoms with Gasteiger partial charge in [-0.3, -0.25) is 4.90 Å². The summed E-state index contributed by atoms with van der Waals surface area (Å²) in [5, 5.41) is 3.63. The lowest BCUT2D eigenvalue weighted by Crippen LogP contribution is -2.59. The van der Waals surface area contributed by atoms with Crippen molar-refractivity contribution in [3.63, 3.8) is 0 Å². The molecule has 0 unspecified atom stereocenters. The largest absolute Gasteiger partial charge is 0.365 e. The molecule has 126 valence electrons. The Morgan fingerprint density at radius 2 is 1.88 bits per heavy atom. The predicted molar refractivity (Wildman–Crippen MR) is 95.5 cm³/mol. The molecular weight excluding hydrogens is 301 g/mol. The van der Waals surface area contributed by atoms with Crippen LogP contribution in [-0.2, 0) is 0 Å². The van der Waals surface area contributed by atoms with Crippen LogP contribution in [0.4, 0.5) is 10.2 Å². The Hall–Kier alpha value is -1.94. The molecule has 5 rings (SSSR count). The molecule has 3 aliphatic rings. The van der Waals surface area contributed by atoms with Crippen LogP contribution in [0.5, 0.6) is 0 Å². The van der Waals surface area contributed by atoms with E-state index in [4.69, 9.17) is 0 Å². The molecule has 3 aliphatic heterocycles. The highest BCUT2D eigenvalue weighted by atomic mass is 19.1. The van der Waals surface area contributed by atoms with Crippen LogP contribution in [0.2, 0.25) is 0 Å². The summed E-state index contributed by atoms with van der Waals surface area (Å²) in [7, 11) is 0. The van der Waals surface area contributed by atoms with E-state index in [9.17, 15) is 4.39 Å². The van der Waals surface area contributed by atoms with Crippen molar-refractivity contribution in [2.24, 2.45) is 5.92 Å². The van der Waals surface area contributed by atoms with Crippen LogP contribution < -0.4 is 5.32 Å². The van der Waals surface area contributed by atoms with Gasteiger partial charge in [0.2, 0.25) is 0 Å². The Bertz CT molecular complexity index is 718. The molecule has 1 aromatic heterocycles. The second-order valence-electron chi connectivity index (χ2n) is 7.18. The topological polar surface area (TPSA) is 28.2 Å². The monoisotopic (exact) mass is 325 g/mol. The molecule has 0 aliphatic carbocycles. The molecule has 3 saturated heterocycles. The number of pyridine rings is 1. The van der Waals surface area contributed by atoms with Gasteiger partial charge in [0, 0.05) is 23.8 Å². The summed E-state index contributed by atoms with van der Waals surface area (Å²) in [5.74, 6) is 1.49. The molecule has 1 N–H and O–H groups in total. The second kappa shape index (κ2) is 6.17. The van der Waals surface area contributed by atoms with Gasteiger partial charge in [-0.2, -0.15) is 0 Å².